The summed E-state index contributed by atoms with van der Waals surface area (Å²) in [6.07, 6.45) is 3.33. The summed E-state index contributed by atoms with van der Waals surface area (Å²) < 4.78 is 5.10. The van der Waals surface area contributed by atoms with Crippen LogP contribution in [0.2, 0.25) is 0 Å². The van der Waals surface area contributed by atoms with E-state index in [0.717, 1.165) is 12.8 Å². The summed E-state index contributed by atoms with van der Waals surface area (Å²) in [6, 6.07) is -0.0480. The number of nitrogens with two attached hydrogens (primary N) is 1. The van der Waals surface area contributed by atoms with Crippen molar-refractivity contribution in [2.24, 2.45) is 0 Å². The Hall–Kier alpha value is -1.56. The van der Waals surface area contributed by atoms with Gasteiger partial charge in [-0.25, -0.2) is 4.98 Å². The summed E-state index contributed by atoms with van der Waals surface area (Å²) in [6.45, 7) is 2.09. The molecule has 4 N–H and O–H groups in total. The lowest BCUT2D eigenvalue weighted by atomic mass is 10.2. The maximum absolute atomic E-state index is 9.17. The molecule has 1 atom stereocenters. The smallest absolute Gasteiger partial charge is 0.222 e. The zero-order valence-electron chi connectivity index (χ0n) is 9.60. The number of rotatable bonds is 6. The standard InChI is InChI=1S/C10H18N4O2/c1-3-4-7(6-15)13-9-8(16-2)5-12-10(11)14-9/h5,7,15H,3-4,6H2,1-2H3,(H3,11,12,13,14)/t7-/m0/s1. The quantitative estimate of drug-likeness (QED) is 0.659. The fraction of sp³-hybridized carbons (Fsp3) is 0.600. The zero-order valence-corrected chi connectivity index (χ0v) is 9.60. The molecule has 0 aromatic carbocycles. The number of aliphatic hydroxyl groups excluding tert-OH is 1. The van der Waals surface area contributed by atoms with Crippen molar-refractivity contribution in [3.63, 3.8) is 0 Å². The molecule has 6 heteroatoms. The number of ether oxygens (including phenoxy) is 1. The van der Waals surface area contributed by atoms with Gasteiger partial charge in [-0.3, -0.25) is 0 Å². The number of nitrogen functional groups attached to an aromatic ring is 1. The largest absolute Gasteiger partial charge is 0.491 e. The summed E-state index contributed by atoms with van der Waals surface area (Å²) in [7, 11) is 1.54. The molecule has 0 bridgehead atoms. The second kappa shape index (κ2) is 6.12. The van der Waals surface area contributed by atoms with Crippen LogP contribution in [0.3, 0.4) is 0 Å². The summed E-state index contributed by atoms with van der Waals surface area (Å²) >= 11 is 0. The number of nitrogens with one attached hydrogen (secondary N) is 1. The van der Waals surface area contributed by atoms with E-state index in [4.69, 9.17) is 10.5 Å². The first kappa shape index (κ1) is 12.5. The number of aliphatic hydroxyl groups is 1. The third-order valence-corrected chi connectivity index (χ3v) is 2.19. The number of hydrogen-bond acceptors (Lipinski definition) is 6. The van der Waals surface area contributed by atoms with Gasteiger partial charge in [0.25, 0.3) is 0 Å². The van der Waals surface area contributed by atoms with Crippen LogP contribution in [0, 0.1) is 0 Å². The molecule has 0 unspecified atom stereocenters. The Bertz CT molecular complexity index is 333. The van der Waals surface area contributed by atoms with Gasteiger partial charge in [0.2, 0.25) is 5.95 Å². The second-order valence-electron chi connectivity index (χ2n) is 3.46. The Morgan fingerprint density at radius 3 is 2.94 bits per heavy atom. The van der Waals surface area contributed by atoms with Gasteiger partial charge in [-0.15, -0.1) is 0 Å². The maximum atomic E-state index is 9.17. The zero-order chi connectivity index (χ0) is 12.0. The monoisotopic (exact) mass is 226 g/mol. The first-order valence-corrected chi connectivity index (χ1v) is 5.25. The molecule has 16 heavy (non-hydrogen) atoms. The first-order valence-electron chi connectivity index (χ1n) is 5.25. The van der Waals surface area contributed by atoms with Gasteiger partial charge < -0.3 is 20.9 Å². The molecule has 0 aliphatic carbocycles. The van der Waals surface area contributed by atoms with Crippen molar-refractivity contribution >= 4 is 11.8 Å². The number of aromatic nitrogens is 2. The lowest BCUT2D eigenvalue weighted by molar-refractivity contribution is 0.267. The van der Waals surface area contributed by atoms with Gasteiger partial charge in [0.05, 0.1) is 26.0 Å². The van der Waals surface area contributed by atoms with E-state index in [9.17, 15) is 5.11 Å². The predicted molar refractivity (Wildman–Crippen MR) is 62.4 cm³/mol. The van der Waals surface area contributed by atoms with Crippen LogP contribution >= 0.6 is 0 Å². The van der Waals surface area contributed by atoms with Crippen molar-refractivity contribution in [1.82, 2.24) is 9.97 Å². The van der Waals surface area contributed by atoms with Gasteiger partial charge in [0.15, 0.2) is 11.6 Å². The Morgan fingerprint density at radius 1 is 1.62 bits per heavy atom. The fourth-order valence-corrected chi connectivity index (χ4v) is 1.39. The minimum absolute atomic E-state index is 0.0426. The van der Waals surface area contributed by atoms with Crippen LogP contribution in [0.4, 0.5) is 11.8 Å². The third-order valence-electron chi connectivity index (χ3n) is 2.19. The molecule has 0 radical (unpaired) electrons. The number of anilines is 2. The van der Waals surface area contributed by atoms with Gasteiger partial charge in [-0.1, -0.05) is 13.3 Å². The number of nitrogens with zero attached hydrogens (tertiary/aromatic N) is 2. The van der Waals surface area contributed by atoms with Crippen molar-refractivity contribution in [3.8, 4) is 5.75 Å². The van der Waals surface area contributed by atoms with Crippen LogP contribution in [0.15, 0.2) is 6.20 Å². The summed E-state index contributed by atoms with van der Waals surface area (Å²) in [5.41, 5.74) is 5.49. The molecule has 1 aromatic heterocycles. The van der Waals surface area contributed by atoms with Crippen LogP contribution < -0.4 is 15.8 Å². The van der Waals surface area contributed by atoms with Crippen LogP contribution in [0.1, 0.15) is 19.8 Å². The molecule has 0 saturated heterocycles. The Labute approximate surface area is 94.9 Å². The molecule has 0 spiro atoms. The molecule has 0 aliphatic rings. The topological polar surface area (TPSA) is 93.3 Å². The van der Waals surface area contributed by atoms with Gasteiger partial charge >= 0.3 is 0 Å². The highest BCUT2D eigenvalue weighted by Gasteiger charge is 2.11. The van der Waals surface area contributed by atoms with Gasteiger partial charge in [-0.2, -0.15) is 4.98 Å². The molecule has 1 heterocycles. The van der Waals surface area contributed by atoms with Crippen LogP contribution in [-0.2, 0) is 0 Å². The minimum Gasteiger partial charge on any atom is -0.491 e. The average molecular weight is 226 g/mol. The highest BCUT2D eigenvalue weighted by molar-refractivity contribution is 5.51. The number of hydrogen-bond donors (Lipinski definition) is 3. The second-order valence-corrected chi connectivity index (χ2v) is 3.46. The van der Waals surface area contributed by atoms with Crippen LogP contribution in [0.25, 0.3) is 0 Å². The van der Waals surface area contributed by atoms with E-state index >= 15 is 0 Å². The molecular weight excluding hydrogens is 208 g/mol. The van der Waals surface area contributed by atoms with Crippen LogP contribution in [-0.4, -0.2) is 34.8 Å². The molecule has 1 aromatic rings. The highest BCUT2D eigenvalue weighted by Crippen LogP contribution is 2.22. The van der Waals surface area contributed by atoms with Crippen LogP contribution in [0.5, 0.6) is 5.75 Å². The van der Waals surface area contributed by atoms with E-state index in [1.54, 1.807) is 0 Å². The lowest BCUT2D eigenvalue weighted by Gasteiger charge is -2.17. The molecule has 0 fully saturated rings. The van der Waals surface area contributed by atoms with E-state index in [0.29, 0.717) is 11.6 Å². The minimum atomic E-state index is -0.0480. The average Bonchev–Trinajstić information content (AvgIpc) is 2.29. The maximum Gasteiger partial charge on any atom is 0.222 e. The summed E-state index contributed by atoms with van der Waals surface area (Å²) in [5.74, 6) is 1.21. The lowest BCUT2D eigenvalue weighted by Crippen LogP contribution is -2.24. The molecule has 1 rings (SSSR count). The van der Waals surface area contributed by atoms with Crippen molar-refractivity contribution in [2.45, 2.75) is 25.8 Å². The Balaban J connectivity index is 2.80. The normalized spacial score (nSPS) is 12.2. The third kappa shape index (κ3) is 3.23. The van der Waals surface area contributed by atoms with E-state index in [1.807, 2.05) is 0 Å². The predicted octanol–water partition coefficient (Wildman–Crippen LogP) is 0.640. The summed E-state index contributed by atoms with van der Waals surface area (Å²) in [5, 5.41) is 12.3. The number of methoxy groups -OCH3 is 1. The molecule has 0 aliphatic heterocycles. The summed E-state index contributed by atoms with van der Waals surface area (Å²) in [4.78, 5) is 7.86. The molecule has 6 nitrogen and oxygen atoms in total. The van der Waals surface area contributed by atoms with Gasteiger partial charge in [0.1, 0.15) is 0 Å². The molecule has 0 amide bonds. The van der Waals surface area contributed by atoms with E-state index in [2.05, 4.69) is 22.2 Å². The highest BCUT2D eigenvalue weighted by atomic mass is 16.5. The molecule has 0 saturated carbocycles. The first-order chi connectivity index (χ1) is 7.71. The van der Waals surface area contributed by atoms with E-state index in [1.165, 1.54) is 13.3 Å². The van der Waals surface area contributed by atoms with Gasteiger partial charge in [-0.05, 0) is 6.42 Å². The van der Waals surface area contributed by atoms with Crippen molar-refractivity contribution < 1.29 is 9.84 Å². The SMILES string of the molecule is CCC[C@@H](CO)Nc1nc(N)ncc1OC. The van der Waals surface area contributed by atoms with Gasteiger partial charge in [0, 0.05) is 0 Å². The fourth-order valence-electron chi connectivity index (χ4n) is 1.39. The van der Waals surface area contributed by atoms with E-state index < -0.39 is 0 Å². The Morgan fingerprint density at radius 2 is 2.38 bits per heavy atom. The molecular formula is C10H18N4O2. The van der Waals surface area contributed by atoms with Crippen molar-refractivity contribution in [2.75, 3.05) is 24.8 Å². The van der Waals surface area contributed by atoms with E-state index in [-0.39, 0.29) is 18.6 Å². The van der Waals surface area contributed by atoms with Crippen molar-refractivity contribution in [3.05, 3.63) is 6.20 Å². The van der Waals surface area contributed by atoms with Crippen molar-refractivity contribution in [1.29, 1.82) is 0 Å². The Kier molecular flexibility index (Phi) is 4.78. The molecule has 90 valence electrons.